The van der Waals surface area contributed by atoms with E-state index in [1.54, 1.807) is 0 Å². The van der Waals surface area contributed by atoms with Crippen LogP contribution in [0.2, 0.25) is 0 Å². The van der Waals surface area contributed by atoms with Crippen LogP contribution in [0.25, 0.3) is 10.8 Å². The molecule has 3 aromatic rings. The van der Waals surface area contributed by atoms with E-state index in [1.165, 1.54) is 5.39 Å². The van der Waals surface area contributed by atoms with Crippen LogP contribution >= 0.6 is 0 Å². The van der Waals surface area contributed by atoms with E-state index < -0.39 is 0 Å². The van der Waals surface area contributed by atoms with E-state index in [0.717, 1.165) is 49.4 Å². The molecule has 0 saturated heterocycles. The molecule has 117 valence electrons. The lowest BCUT2D eigenvalue weighted by atomic mass is 10.1. The lowest BCUT2D eigenvalue weighted by molar-refractivity contribution is 0.279. The van der Waals surface area contributed by atoms with Crippen molar-refractivity contribution in [1.29, 1.82) is 0 Å². The maximum Gasteiger partial charge on any atom is 0.127 e. The van der Waals surface area contributed by atoms with Crippen molar-refractivity contribution in [2.75, 3.05) is 13.2 Å². The summed E-state index contributed by atoms with van der Waals surface area (Å²) in [4.78, 5) is 0. The van der Waals surface area contributed by atoms with Crippen LogP contribution in [0.5, 0.6) is 11.5 Å². The molecule has 0 unspecified atom stereocenters. The van der Waals surface area contributed by atoms with Gasteiger partial charge in [-0.1, -0.05) is 48.5 Å². The van der Waals surface area contributed by atoms with E-state index in [1.807, 2.05) is 48.5 Å². The fourth-order valence-electron chi connectivity index (χ4n) is 2.45. The maximum absolute atomic E-state index is 5.78. The fourth-order valence-corrected chi connectivity index (χ4v) is 2.45. The van der Waals surface area contributed by atoms with Crippen molar-refractivity contribution in [1.82, 2.24) is 0 Å². The first-order valence-corrected chi connectivity index (χ1v) is 8.13. The second-order valence-corrected chi connectivity index (χ2v) is 5.48. The van der Waals surface area contributed by atoms with E-state index in [2.05, 4.69) is 24.3 Å². The zero-order chi connectivity index (χ0) is 15.7. The second-order valence-electron chi connectivity index (χ2n) is 5.48. The van der Waals surface area contributed by atoms with Gasteiger partial charge in [0.2, 0.25) is 0 Å². The minimum atomic E-state index is 0.722. The first-order valence-electron chi connectivity index (χ1n) is 8.13. The summed E-state index contributed by atoms with van der Waals surface area (Å²) in [6.07, 6.45) is 3.17. The molecule has 0 aliphatic rings. The molecular weight excluding hydrogens is 284 g/mol. The summed E-state index contributed by atoms with van der Waals surface area (Å²) < 4.78 is 11.5. The minimum Gasteiger partial charge on any atom is -0.494 e. The first kappa shape index (κ1) is 15.4. The molecule has 3 aromatic carbocycles. The van der Waals surface area contributed by atoms with Gasteiger partial charge in [0.15, 0.2) is 0 Å². The summed E-state index contributed by atoms with van der Waals surface area (Å²) in [5, 5.41) is 2.29. The molecule has 0 amide bonds. The number of unbranched alkanes of at least 4 members (excludes halogenated alkanes) is 2. The van der Waals surface area contributed by atoms with Gasteiger partial charge in [-0.2, -0.15) is 0 Å². The van der Waals surface area contributed by atoms with Crippen LogP contribution in [-0.4, -0.2) is 13.2 Å². The summed E-state index contributed by atoms with van der Waals surface area (Å²) >= 11 is 0. The van der Waals surface area contributed by atoms with Crippen LogP contribution in [0.3, 0.4) is 0 Å². The number of hydrogen-bond acceptors (Lipinski definition) is 2. The Morgan fingerprint density at radius 3 is 2.26 bits per heavy atom. The van der Waals surface area contributed by atoms with Gasteiger partial charge in [0, 0.05) is 6.07 Å². The van der Waals surface area contributed by atoms with Gasteiger partial charge >= 0.3 is 0 Å². The van der Waals surface area contributed by atoms with Crippen LogP contribution in [0.15, 0.2) is 66.7 Å². The number of para-hydroxylation sites is 1. The van der Waals surface area contributed by atoms with Crippen molar-refractivity contribution < 1.29 is 9.47 Å². The average molecular weight is 305 g/mol. The van der Waals surface area contributed by atoms with Crippen LogP contribution in [0.1, 0.15) is 19.3 Å². The van der Waals surface area contributed by atoms with Crippen molar-refractivity contribution in [2.45, 2.75) is 19.3 Å². The Labute approximate surface area is 137 Å². The normalized spacial score (nSPS) is 10.6. The molecule has 0 N–H and O–H groups in total. The van der Waals surface area contributed by atoms with Gasteiger partial charge in [-0.05, 0) is 48.2 Å². The van der Waals surface area contributed by atoms with Crippen LogP contribution in [0.4, 0.5) is 0 Å². The van der Waals surface area contributed by atoms with Crippen molar-refractivity contribution >= 4 is 10.8 Å². The Balaban J connectivity index is 1.33. The molecule has 3 rings (SSSR count). The predicted molar refractivity (Wildman–Crippen MR) is 94.1 cm³/mol. The largest absolute Gasteiger partial charge is 0.494 e. The molecule has 0 atom stereocenters. The molecule has 0 spiro atoms. The van der Waals surface area contributed by atoms with Crippen molar-refractivity contribution in [3.05, 3.63) is 72.8 Å². The van der Waals surface area contributed by atoms with Crippen LogP contribution in [-0.2, 0) is 0 Å². The Bertz CT molecular complexity index is 722. The van der Waals surface area contributed by atoms with Crippen molar-refractivity contribution in [2.24, 2.45) is 0 Å². The molecule has 2 heteroatoms. The number of benzene rings is 3. The third kappa shape index (κ3) is 4.75. The zero-order valence-electron chi connectivity index (χ0n) is 13.2. The highest BCUT2D eigenvalue weighted by atomic mass is 16.5. The number of ether oxygens (including phenoxy) is 2. The van der Waals surface area contributed by atoms with Crippen LogP contribution < -0.4 is 9.47 Å². The average Bonchev–Trinajstić information content (AvgIpc) is 2.61. The first-order chi connectivity index (χ1) is 11.4. The molecule has 0 aliphatic heterocycles. The summed E-state index contributed by atoms with van der Waals surface area (Å²) in [5.41, 5.74) is 0. The Morgan fingerprint density at radius 1 is 0.652 bits per heavy atom. The van der Waals surface area contributed by atoms with Gasteiger partial charge in [-0.3, -0.25) is 0 Å². The van der Waals surface area contributed by atoms with Crippen molar-refractivity contribution in [3.63, 3.8) is 0 Å². The molecule has 0 saturated carbocycles. The minimum absolute atomic E-state index is 0.722. The number of rotatable bonds is 8. The van der Waals surface area contributed by atoms with Gasteiger partial charge in [-0.15, -0.1) is 0 Å². The van der Waals surface area contributed by atoms with Gasteiger partial charge in [0.05, 0.1) is 13.2 Å². The van der Waals surface area contributed by atoms with Gasteiger partial charge in [0.1, 0.15) is 11.5 Å². The zero-order valence-corrected chi connectivity index (χ0v) is 13.2. The summed E-state index contributed by atoms with van der Waals surface area (Å²) in [5.74, 6) is 1.76. The summed E-state index contributed by atoms with van der Waals surface area (Å²) in [6, 6.07) is 25.5. The van der Waals surface area contributed by atoms with E-state index >= 15 is 0 Å². The standard InChI is InChI=1S/C21H21O2/c1-3-11-20(12-4-1)22-15-7-2-8-16-23-21-14-13-18-9-5-6-10-19(18)17-21/h1,3-6,9-14H,2,7-8,15-16H2. The molecule has 0 bridgehead atoms. The van der Waals surface area contributed by atoms with E-state index in [4.69, 9.17) is 9.47 Å². The van der Waals surface area contributed by atoms with E-state index in [9.17, 15) is 0 Å². The molecule has 0 heterocycles. The Kier molecular flexibility index (Phi) is 5.52. The maximum atomic E-state index is 5.78. The molecule has 0 fully saturated rings. The quantitative estimate of drug-likeness (QED) is 0.528. The smallest absolute Gasteiger partial charge is 0.127 e. The predicted octanol–water partition coefficient (Wildman–Crippen LogP) is 5.27. The van der Waals surface area contributed by atoms with E-state index in [-0.39, 0.29) is 0 Å². The summed E-state index contributed by atoms with van der Waals surface area (Å²) in [7, 11) is 0. The molecule has 0 aliphatic carbocycles. The highest BCUT2D eigenvalue weighted by molar-refractivity contribution is 5.83. The molecular formula is C21H21O2. The lowest BCUT2D eigenvalue weighted by Crippen LogP contribution is -2.01. The highest BCUT2D eigenvalue weighted by Gasteiger charge is 1.98. The molecule has 0 aromatic heterocycles. The van der Waals surface area contributed by atoms with E-state index in [0.29, 0.717) is 0 Å². The number of fused-ring (bicyclic) bond motifs is 1. The van der Waals surface area contributed by atoms with Crippen molar-refractivity contribution in [3.8, 4) is 11.5 Å². The van der Waals surface area contributed by atoms with Gasteiger partial charge < -0.3 is 9.47 Å². The summed E-state index contributed by atoms with van der Waals surface area (Å²) in [6.45, 7) is 1.48. The molecule has 1 radical (unpaired) electrons. The fraction of sp³-hybridized carbons (Fsp3) is 0.238. The second kappa shape index (κ2) is 8.23. The SMILES string of the molecule is [c]1c(OCCCCCOc2ccccc2)ccc2ccccc12. The monoisotopic (exact) mass is 305 g/mol. The van der Waals surface area contributed by atoms with Gasteiger partial charge in [-0.25, -0.2) is 0 Å². The third-order valence-corrected chi connectivity index (χ3v) is 3.69. The molecule has 2 nitrogen and oxygen atoms in total. The van der Waals surface area contributed by atoms with Gasteiger partial charge in [0.25, 0.3) is 0 Å². The lowest BCUT2D eigenvalue weighted by Gasteiger charge is -2.08. The highest BCUT2D eigenvalue weighted by Crippen LogP contribution is 2.20. The van der Waals surface area contributed by atoms with Crippen LogP contribution in [0, 0.1) is 6.07 Å². The topological polar surface area (TPSA) is 18.5 Å². The third-order valence-electron chi connectivity index (χ3n) is 3.69. The molecule has 23 heavy (non-hydrogen) atoms. The Morgan fingerprint density at radius 2 is 1.39 bits per heavy atom. The Hall–Kier alpha value is -2.48. The number of hydrogen-bond donors (Lipinski definition) is 0.